The fourth-order valence-corrected chi connectivity index (χ4v) is 1.64. The SMILES string of the molecule is CC(C)(C)C(=O)NCC(=O)Nc1ccc(CCC(=O)O)cc1. The van der Waals surface area contributed by atoms with Gasteiger partial charge < -0.3 is 15.7 Å². The van der Waals surface area contributed by atoms with E-state index in [2.05, 4.69) is 10.6 Å². The molecule has 0 aliphatic carbocycles. The molecule has 0 radical (unpaired) electrons. The van der Waals surface area contributed by atoms with Gasteiger partial charge in [-0.15, -0.1) is 0 Å². The Bertz CT molecular complexity index is 544. The standard InChI is InChI=1S/C16H22N2O4/c1-16(2,3)15(22)17-10-13(19)18-12-7-4-11(5-8-12)6-9-14(20)21/h4-5,7-8H,6,9-10H2,1-3H3,(H,17,22)(H,18,19)(H,20,21). The van der Waals surface area contributed by atoms with Crippen LogP contribution in [0.4, 0.5) is 5.69 Å². The van der Waals surface area contributed by atoms with E-state index < -0.39 is 11.4 Å². The number of benzene rings is 1. The number of hydrogen-bond acceptors (Lipinski definition) is 3. The second kappa shape index (κ2) is 7.59. The van der Waals surface area contributed by atoms with Crippen molar-refractivity contribution in [2.45, 2.75) is 33.6 Å². The third-order valence-corrected chi connectivity index (χ3v) is 2.96. The van der Waals surface area contributed by atoms with Crippen LogP contribution >= 0.6 is 0 Å². The number of anilines is 1. The maximum absolute atomic E-state index is 11.7. The lowest BCUT2D eigenvalue weighted by atomic mass is 9.96. The molecule has 0 saturated carbocycles. The van der Waals surface area contributed by atoms with Gasteiger partial charge in [-0.3, -0.25) is 14.4 Å². The molecule has 120 valence electrons. The first-order chi connectivity index (χ1) is 10.2. The number of aliphatic carboxylic acids is 1. The molecule has 6 nitrogen and oxygen atoms in total. The molecule has 1 aromatic carbocycles. The quantitative estimate of drug-likeness (QED) is 0.747. The molecule has 0 heterocycles. The lowest BCUT2D eigenvalue weighted by Crippen LogP contribution is -2.39. The van der Waals surface area contributed by atoms with Gasteiger partial charge in [0.2, 0.25) is 11.8 Å². The highest BCUT2D eigenvalue weighted by atomic mass is 16.4. The van der Waals surface area contributed by atoms with E-state index >= 15 is 0 Å². The number of carboxylic acids is 1. The smallest absolute Gasteiger partial charge is 0.303 e. The van der Waals surface area contributed by atoms with Crippen molar-refractivity contribution in [1.29, 1.82) is 0 Å². The molecule has 0 spiro atoms. The van der Waals surface area contributed by atoms with Crippen LogP contribution in [-0.4, -0.2) is 29.4 Å². The Labute approximate surface area is 129 Å². The molecule has 22 heavy (non-hydrogen) atoms. The molecule has 0 aliphatic rings. The molecule has 0 aromatic heterocycles. The molecule has 0 fully saturated rings. The van der Waals surface area contributed by atoms with E-state index in [9.17, 15) is 14.4 Å². The molecule has 1 aromatic rings. The maximum Gasteiger partial charge on any atom is 0.303 e. The molecule has 6 heteroatoms. The van der Waals surface area contributed by atoms with Gasteiger partial charge >= 0.3 is 5.97 Å². The van der Waals surface area contributed by atoms with E-state index in [1.54, 1.807) is 45.0 Å². The molecule has 0 aliphatic heterocycles. The number of rotatable bonds is 6. The van der Waals surface area contributed by atoms with Gasteiger partial charge in [-0.25, -0.2) is 0 Å². The van der Waals surface area contributed by atoms with E-state index in [1.807, 2.05) is 0 Å². The minimum atomic E-state index is -0.841. The number of carboxylic acid groups (broad SMARTS) is 1. The lowest BCUT2D eigenvalue weighted by molar-refractivity contribution is -0.137. The first kappa shape index (κ1) is 17.7. The number of carbonyl (C=O) groups excluding carboxylic acids is 2. The highest BCUT2D eigenvalue weighted by molar-refractivity contribution is 5.95. The fourth-order valence-electron chi connectivity index (χ4n) is 1.64. The fraction of sp³-hybridized carbons (Fsp3) is 0.438. The minimum Gasteiger partial charge on any atom is -0.481 e. The van der Waals surface area contributed by atoms with Crippen molar-refractivity contribution in [2.75, 3.05) is 11.9 Å². The summed E-state index contributed by atoms with van der Waals surface area (Å²) in [7, 11) is 0. The molecule has 3 N–H and O–H groups in total. The highest BCUT2D eigenvalue weighted by Gasteiger charge is 2.21. The molecule has 0 atom stereocenters. The van der Waals surface area contributed by atoms with Crippen molar-refractivity contribution in [3.8, 4) is 0 Å². The average Bonchev–Trinajstić information content (AvgIpc) is 2.43. The van der Waals surface area contributed by atoms with E-state index in [0.717, 1.165) is 5.56 Å². The third-order valence-electron chi connectivity index (χ3n) is 2.96. The second-order valence-corrected chi connectivity index (χ2v) is 6.07. The Morgan fingerprint density at radius 1 is 1.09 bits per heavy atom. The van der Waals surface area contributed by atoms with Crippen LogP contribution in [-0.2, 0) is 20.8 Å². The van der Waals surface area contributed by atoms with Crippen LogP contribution in [0.1, 0.15) is 32.8 Å². The number of aryl methyl sites for hydroxylation is 1. The van der Waals surface area contributed by atoms with Crippen LogP contribution in [0.5, 0.6) is 0 Å². The first-order valence-electron chi connectivity index (χ1n) is 7.07. The van der Waals surface area contributed by atoms with Gasteiger partial charge in [0.1, 0.15) is 0 Å². The third kappa shape index (κ3) is 6.39. The maximum atomic E-state index is 11.7. The molecule has 0 saturated heterocycles. The van der Waals surface area contributed by atoms with Crippen molar-refractivity contribution in [2.24, 2.45) is 5.41 Å². The topological polar surface area (TPSA) is 95.5 Å². The van der Waals surface area contributed by atoms with Gasteiger partial charge in [0, 0.05) is 17.5 Å². The van der Waals surface area contributed by atoms with Gasteiger partial charge in [-0.05, 0) is 24.1 Å². The van der Waals surface area contributed by atoms with Crippen LogP contribution in [0.15, 0.2) is 24.3 Å². The Balaban J connectivity index is 2.45. The summed E-state index contributed by atoms with van der Waals surface area (Å²) in [5.74, 6) is -1.34. The molecule has 0 unspecified atom stereocenters. The second-order valence-electron chi connectivity index (χ2n) is 6.07. The Morgan fingerprint density at radius 2 is 1.68 bits per heavy atom. The summed E-state index contributed by atoms with van der Waals surface area (Å²) in [5, 5.41) is 13.9. The van der Waals surface area contributed by atoms with Gasteiger partial charge in [0.05, 0.1) is 6.54 Å². The zero-order valence-corrected chi connectivity index (χ0v) is 13.1. The zero-order chi connectivity index (χ0) is 16.8. The van der Waals surface area contributed by atoms with E-state index in [4.69, 9.17) is 5.11 Å². The highest BCUT2D eigenvalue weighted by Crippen LogP contribution is 2.13. The summed E-state index contributed by atoms with van der Waals surface area (Å²) in [6, 6.07) is 6.96. The summed E-state index contributed by atoms with van der Waals surface area (Å²) in [6.07, 6.45) is 0.524. The van der Waals surface area contributed by atoms with Gasteiger partial charge in [0.25, 0.3) is 0 Å². The Kier molecular flexibility index (Phi) is 6.10. The van der Waals surface area contributed by atoms with E-state index in [1.165, 1.54) is 0 Å². The number of nitrogens with one attached hydrogen (secondary N) is 2. The lowest BCUT2D eigenvalue weighted by Gasteiger charge is -2.17. The predicted molar refractivity (Wildman–Crippen MR) is 83.5 cm³/mol. The van der Waals surface area contributed by atoms with Crippen LogP contribution in [0.2, 0.25) is 0 Å². The van der Waals surface area contributed by atoms with Crippen LogP contribution in [0.3, 0.4) is 0 Å². The van der Waals surface area contributed by atoms with Crippen molar-refractivity contribution in [1.82, 2.24) is 5.32 Å². The summed E-state index contributed by atoms with van der Waals surface area (Å²) >= 11 is 0. The molecular formula is C16H22N2O4. The Morgan fingerprint density at radius 3 is 2.18 bits per heavy atom. The number of hydrogen-bond donors (Lipinski definition) is 3. The van der Waals surface area contributed by atoms with Crippen LogP contribution < -0.4 is 10.6 Å². The van der Waals surface area contributed by atoms with Gasteiger partial charge in [-0.1, -0.05) is 32.9 Å². The monoisotopic (exact) mass is 306 g/mol. The zero-order valence-electron chi connectivity index (χ0n) is 13.1. The largest absolute Gasteiger partial charge is 0.481 e. The van der Waals surface area contributed by atoms with E-state index in [-0.39, 0.29) is 24.8 Å². The van der Waals surface area contributed by atoms with Gasteiger partial charge in [-0.2, -0.15) is 0 Å². The molecule has 1 rings (SSSR count). The van der Waals surface area contributed by atoms with Crippen molar-refractivity contribution in [3.05, 3.63) is 29.8 Å². The van der Waals surface area contributed by atoms with Crippen LogP contribution in [0, 0.1) is 5.41 Å². The van der Waals surface area contributed by atoms with Crippen molar-refractivity contribution < 1.29 is 19.5 Å². The summed E-state index contributed by atoms with van der Waals surface area (Å²) < 4.78 is 0. The normalized spacial score (nSPS) is 10.9. The number of carbonyl (C=O) groups is 3. The summed E-state index contributed by atoms with van der Waals surface area (Å²) in [6.45, 7) is 5.24. The van der Waals surface area contributed by atoms with Crippen molar-refractivity contribution >= 4 is 23.5 Å². The molecular weight excluding hydrogens is 284 g/mol. The van der Waals surface area contributed by atoms with Crippen molar-refractivity contribution in [3.63, 3.8) is 0 Å². The summed E-state index contributed by atoms with van der Waals surface area (Å²) in [4.78, 5) is 33.9. The summed E-state index contributed by atoms with van der Waals surface area (Å²) in [5.41, 5.74) is 0.960. The Hall–Kier alpha value is -2.37. The van der Waals surface area contributed by atoms with E-state index in [0.29, 0.717) is 12.1 Å². The molecule has 0 bridgehead atoms. The minimum absolute atomic E-state index is 0.0739. The first-order valence-corrected chi connectivity index (χ1v) is 7.07. The van der Waals surface area contributed by atoms with Crippen LogP contribution in [0.25, 0.3) is 0 Å². The predicted octanol–water partition coefficient (Wildman–Crippen LogP) is 1.80. The average molecular weight is 306 g/mol. The number of amides is 2. The molecule has 2 amide bonds. The van der Waals surface area contributed by atoms with Gasteiger partial charge in [0.15, 0.2) is 0 Å².